The minimum Gasteiger partial charge on any atom is -0.309 e. The average molecular weight is 291 g/mol. The molecule has 0 atom stereocenters. The molecule has 0 aromatic heterocycles. The molecule has 18 heavy (non-hydrogen) atoms. The molecule has 0 spiro atoms. The van der Waals surface area contributed by atoms with Crippen LogP contribution in [0, 0.1) is 0 Å². The van der Waals surface area contributed by atoms with E-state index in [4.69, 9.17) is 11.6 Å². The van der Waals surface area contributed by atoms with Crippen LogP contribution in [0.25, 0.3) is 0 Å². The Balaban J connectivity index is 2.62. The van der Waals surface area contributed by atoms with Crippen molar-refractivity contribution in [2.45, 2.75) is 17.2 Å². The summed E-state index contributed by atoms with van der Waals surface area (Å²) in [6, 6.07) is 6.68. The van der Waals surface area contributed by atoms with E-state index in [1.165, 1.54) is 0 Å². The third-order valence-corrected chi connectivity index (χ3v) is 4.20. The summed E-state index contributed by atoms with van der Waals surface area (Å²) in [5, 5.41) is 0. The van der Waals surface area contributed by atoms with Gasteiger partial charge in [-0.2, -0.15) is 0 Å². The predicted octanol–water partition coefficient (Wildman–Crippen LogP) is 1.66. The van der Waals surface area contributed by atoms with Gasteiger partial charge in [-0.05, 0) is 44.8 Å². The molecule has 0 fully saturated rings. The maximum absolute atomic E-state index is 12.0. The van der Waals surface area contributed by atoms with Crippen LogP contribution in [0.15, 0.2) is 29.2 Å². The normalized spacial score (nSPS) is 12.0. The number of alkyl halides is 1. The van der Waals surface area contributed by atoms with Gasteiger partial charge in [0.25, 0.3) is 0 Å². The van der Waals surface area contributed by atoms with Gasteiger partial charge < -0.3 is 4.90 Å². The van der Waals surface area contributed by atoms with Crippen molar-refractivity contribution < 1.29 is 8.42 Å². The van der Waals surface area contributed by atoms with E-state index in [1.54, 1.807) is 24.3 Å². The van der Waals surface area contributed by atoms with E-state index in [1.807, 2.05) is 19.0 Å². The summed E-state index contributed by atoms with van der Waals surface area (Å²) in [4.78, 5) is 2.29. The highest BCUT2D eigenvalue weighted by Gasteiger charge is 2.13. The molecule has 1 N–H and O–H groups in total. The monoisotopic (exact) mass is 290 g/mol. The molecule has 4 nitrogen and oxygen atoms in total. The van der Waals surface area contributed by atoms with Gasteiger partial charge in [0.1, 0.15) is 0 Å². The first kappa shape index (κ1) is 15.4. The number of nitrogens with zero attached hydrogens (tertiary/aromatic N) is 1. The summed E-state index contributed by atoms with van der Waals surface area (Å²) in [6.45, 7) is 1.29. The Morgan fingerprint density at radius 3 is 2.67 bits per heavy atom. The zero-order valence-corrected chi connectivity index (χ0v) is 12.3. The van der Waals surface area contributed by atoms with E-state index < -0.39 is 10.0 Å². The molecule has 0 unspecified atom stereocenters. The first-order valence-electron chi connectivity index (χ1n) is 5.75. The molecular weight excluding hydrogens is 272 g/mol. The zero-order chi connectivity index (χ0) is 13.6. The summed E-state index contributed by atoms with van der Waals surface area (Å²) < 4.78 is 26.5. The molecule has 1 aromatic rings. The topological polar surface area (TPSA) is 49.4 Å². The summed E-state index contributed by atoms with van der Waals surface area (Å²) in [5.74, 6) is 0.310. The van der Waals surface area contributed by atoms with Gasteiger partial charge in [-0.1, -0.05) is 12.1 Å². The van der Waals surface area contributed by atoms with Gasteiger partial charge in [0, 0.05) is 12.4 Å². The molecule has 0 saturated heterocycles. The van der Waals surface area contributed by atoms with Crippen LogP contribution >= 0.6 is 11.6 Å². The Bertz CT molecular complexity index is 475. The van der Waals surface area contributed by atoms with Crippen LogP contribution in [0.5, 0.6) is 0 Å². The standard InChI is InChI=1S/C12H19ClN2O2S/c1-15(2)8-4-7-14-18(16,17)12-6-3-5-11(9-12)10-13/h3,5-6,9,14H,4,7-8,10H2,1-2H3. The highest BCUT2D eigenvalue weighted by molar-refractivity contribution is 7.89. The number of sulfonamides is 1. The smallest absolute Gasteiger partial charge is 0.240 e. The Hall–Kier alpha value is -0.620. The number of benzene rings is 1. The fourth-order valence-corrected chi connectivity index (χ4v) is 2.79. The van der Waals surface area contributed by atoms with Gasteiger partial charge in [-0.15, -0.1) is 11.6 Å². The van der Waals surface area contributed by atoms with Crippen LogP contribution in [-0.4, -0.2) is 40.5 Å². The van der Waals surface area contributed by atoms with Crippen LogP contribution in [0.3, 0.4) is 0 Å². The molecule has 102 valence electrons. The van der Waals surface area contributed by atoms with Crippen LogP contribution in [0.2, 0.25) is 0 Å². The van der Waals surface area contributed by atoms with Crippen molar-refractivity contribution in [3.8, 4) is 0 Å². The van der Waals surface area contributed by atoms with E-state index in [0.29, 0.717) is 12.4 Å². The molecule has 1 rings (SSSR count). The van der Waals surface area contributed by atoms with E-state index in [2.05, 4.69) is 4.72 Å². The third-order valence-electron chi connectivity index (χ3n) is 2.44. The predicted molar refractivity (Wildman–Crippen MR) is 74.4 cm³/mol. The molecule has 0 amide bonds. The summed E-state index contributed by atoms with van der Waals surface area (Å²) in [7, 11) is 0.496. The Morgan fingerprint density at radius 2 is 2.06 bits per heavy atom. The first-order chi connectivity index (χ1) is 8.45. The number of hydrogen-bond acceptors (Lipinski definition) is 3. The molecule has 0 heterocycles. The van der Waals surface area contributed by atoms with Crippen LogP contribution in [-0.2, 0) is 15.9 Å². The molecule has 1 aromatic carbocycles. The average Bonchev–Trinajstić information content (AvgIpc) is 2.34. The summed E-state index contributed by atoms with van der Waals surface area (Å²) in [5.41, 5.74) is 0.799. The maximum Gasteiger partial charge on any atom is 0.240 e. The summed E-state index contributed by atoms with van der Waals surface area (Å²) in [6.07, 6.45) is 0.779. The molecule has 6 heteroatoms. The van der Waals surface area contributed by atoms with Crippen LogP contribution in [0.4, 0.5) is 0 Å². The number of hydrogen-bond donors (Lipinski definition) is 1. The van der Waals surface area contributed by atoms with Crippen molar-refractivity contribution in [2.24, 2.45) is 0 Å². The molecule has 0 radical (unpaired) electrons. The Labute approximate surface area is 114 Å². The minimum atomic E-state index is -3.42. The van der Waals surface area contributed by atoms with E-state index in [-0.39, 0.29) is 4.90 Å². The van der Waals surface area contributed by atoms with E-state index in [9.17, 15) is 8.42 Å². The van der Waals surface area contributed by atoms with Crippen LogP contribution < -0.4 is 4.72 Å². The van der Waals surface area contributed by atoms with Gasteiger partial charge in [0.05, 0.1) is 4.90 Å². The van der Waals surface area contributed by atoms with Crippen molar-refractivity contribution in [1.82, 2.24) is 9.62 Å². The van der Waals surface area contributed by atoms with E-state index >= 15 is 0 Å². The SMILES string of the molecule is CN(C)CCCNS(=O)(=O)c1cccc(CCl)c1. The third kappa shape index (κ3) is 4.94. The van der Waals surface area contributed by atoms with Crippen molar-refractivity contribution in [3.05, 3.63) is 29.8 Å². The van der Waals surface area contributed by atoms with Gasteiger partial charge in [-0.3, -0.25) is 0 Å². The lowest BCUT2D eigenvalue weighted by Gasteiger charge is -2.10. The number of halogens is 1. The second kappa shape index (κ2) is 7.09. The minimum absolute atomic E-state index is 0.269. The molecule has 0 bridgehead atoms. The van der Waals surface area contributed by atoms with Crippen molar-refractivity contribution in [3.63, 3.8) is 0 Å². The summed E-state index contributed by atoms with van der Waals surface area (Å²) >= 11 is 5.69. The largest absolute Gasteiger partial charge is 0.309 e. The molecule has 0 aliphatic heterocycles. The lowest BCUT2D eigenvalue weighted by molar-refractivity contribution is 0.400. The fraction of sp³-hybridized carbons (Fsp3) is 0.500. The number of nitrogens with one attached hydrogen (secondary N) is 1. The van der Waals surface area contributed by atoms with Crippen LogP contribution in [0.1, 0.15) is 12.0 Å². The lowest BCUT2D eigenvalue weighted by atomic mass is 10.2. The maximum atomic E-state index is 12.0. The molecule has 0 aliphatic carbocycles. The second-order valence-corrected chi connectivity index (χ2v) is 6.37. The van der Waals surface area contributed by atoms with Crippen molar-refractivity contribution in [2.75, 3.05) is 27.2 Å². The molecule has 0 aliphatic rings. The highest BCUT2D eigenvalue weighted by atomic mass is 35.5. The molecular formula is C12H19ClN2O2S. The van der Waals surface area contributed by atoms with Gasteiger partial charge in [-0.25, -0.2) is 13.1 Å². The molecule has 0 saturated carbocycles. The van der Waals surface area contributed by atoms with Gasteiger partial charge in [0.2, 0.25) is 10.0 Å². The second-order valence-electron chi connectivity index (χ2n) is 4.34. The van der Waals surface area contributed by atoms with Gasteiger partial charge >= 0.3 is 0 Å². The Kier molecular flexibility index (Phi) is 6.08. The lowest BCUT2D eigenvalue weighted by Crippen LogP contribution is -2.27. The number of rotatable bonds is 7. The quantitative estimate of drug-likeness (QED) is 0.614. The van der Waals surface area contributed by atoms with E-state index in [0.717, 1.165) is 18.5 Å². The van der Waals surface area contributed by atoms with Crippen molar-refractivity contribution >= 4 is 21.6 Å². The Morgan fingerprint density at radius 1 is 1.33 bits per heavy atom. The van der Waals surface area contributed by atoms with Crippen molar-refractivity contribution in [1.29, 1.82) is 0 Å². The fourth-order valence-electron chi connectivity index (χ4n) is 1.48. The van der Waals surface area contributed by atoms with Gasteiger partial charge in [0.15, 0.2) is 0 Å². The first-order valence-corrected chi connectivity index (χ1v) is 7.77. The highest BCUT2D eigenvalue weighted by Crippen LogP contribution is 2.12. The zero-order valence-electron chi connectivity index (χ0n) is 10.7.